The molecule has 0 bridgehead atoms. The second kappa shape index (κ2) is 3.00. The van der Waals surface area contributed by atoms with Gasteiger partial charge in [-0.15, -0.1) is 0 Å². The zero-order valence-electron chi connectivity index (χ0n) is 6.08. The monoisotopic (exact) mass is 150 g/mol. The van der Waals surface area contributed by atoms with Crippen LogP contribution in [0, 0.1) is 0 Å². The standard InChI is InChI=1S/C8H10N2O/c1-2-4-7(5-3-1)8-9-6-11-10-8/h1-5,8-10H,6H2. The average molecular weight is 150 g/mol. The van der Waals surface area contributed by atoms with E-state index in [0.29, 0.717) is 6.73 Å². The van der Waals surface area contributed by atoms with Gasteiger partial charge in [-0.05, 0) is 5.56 Å². The molecule has 11 heavy (non-hydrogen) atoms. The van der Waals surface area contributed by atoms with Gasteiger partial charge in [-0.3, -0.25) is 10.2 Å². The summed E-state index contributed by atoms with van der Waals surface area (Å²) in [7, 11) is 0. The van der Waals surface area contributed by atoms with Gasteiger partial charge in [0.05, 0.1) is 0 Å². The highest BCUT2D eigenvalue weighted by atomic mass is 16.7. The fourth-order valence-corrected chi connectivity index (χ4v) is 1.12. The molecule has 1 heterocycles. The van der Waals surface area contributed by atoms with E-state index in [1.165, 1.54) is 5.56 Å². The third-order valence-electron chi connectivity index (χ3n) is 1.69. The molecule has 1 saturated heterocycles. The minimum Gasteiger partial charge on any atom is -0.284 e. The van der Waals surface area contributed by atoms with Gasteiger partial charge in [0.1, 0.15) is 12.9 Å². The van der Waals surface area contributed by atoms with Crippen molar-refractivity contribution in [1.29, 1.82) is 0 Å². The molecular weight excluding hydrogens is 140 g/mol. The van der Waals surface area contributed by atoms with Crippen molar-refractivity contribution < 1.29 is 4.84 Å². The van der Waals surface area contributed by atoms with Gasteiger partial charge in [0, 0.05) is 0 Å². The maximum Gasteiger partial charge on any atom is 0.120 e. The fraction of sp³-hybridized carbons (Fsp3) is 0.250. The fourth-order valence-electron chi connectivity index (χ4n) is 1.12. The SMILES string of the molecule is c1ccc(C2NCON2)cc1. The van der Waals surface area contributed by atoms with Crippen LogP contribution in [0.3, 0.4) is 0 Å². The largest absolute Gasteiger partial charge is 0.284 e. The molecule has 3 nitrogen and oxygen atoms in total. The van der Waals surface area contributed by atoms with E-state index < -0.39 is 0 Å². The molecular formula is C8H10N2O. The lowest BCUT2D eigenvalue weighted by atomic mass is 10.2. The van der Waals surface area contributed by atoms with Gasteiger partial charge >= 0.3 is 0 Å². The number of hydrogen-bond acceptors (Lipinski definition) is 3. The summed E-state index contributed by atoms with van der Waals surface area (Å²) in [6.07, 6.45) is 0.149. The lowest BCUT2D eigenvalue weighted by Crippen LogP contribution is -2.20. The molecule has 1 aliphatic heterocycles. The molecule has 3 heteroatoms. The normalized spacial score (nSPS) is 23.8. The Labute approximate surface area is 65.3 Å². The van der Waals surface area contributed by atoms with E-state index in [4.69, 9.17) is 4.84 Å². The van der Waals surface area contributed by atoms with Gasteiger partial charge in [0.15, 0.2) is 0 Å². The second-order valence-electron chi connectivity index (χ2n) is 2.45. The van der Waals surface area contributed by atoms with Crippen LogP contribution in [0.2, 0.25) is 0 Å². The second-order valence-corrected chi connectivity index (χ2v) is 2.45. The van der Waals surface area contributed by atoms with Crippen molar-refractivity contribution in [2.24, 2.45) is 0 Å². The van der Waals surface area contributed by atoms with Crippen molar-refractivity contribution in [3.63, 3.8) is 0 Å². The average Bonchev–Trinajstić information content (AvgIpc) is 2.58. The highest BCUT2D eigenvalue weighted by molar-refractivity contribution is 5.18. The van der Waals surface area contributed by atoms with E-state index in [1.54, 1.807) is 0 Å². The molecule has 58 valence electrons. The molecule has 1 atom stereocenters. The maximum absolute atomic E-state index is 4.95. The van der Waals surface area contributed by atoms with Crippen LogP contribution in [0.15, 0.2) is 30.3 Å². The van der Waals surface area contributed by atoms with Gasteiger partial charge in [0.25, 0.3) is 0 Å². The zero-order chi connectivity index (χ0) is 7.52. The summed E-state index contributed by atoms with van der Waals surface area (Å²) in [6.45, 7) is 0.569. The number of rotatable bonds is 1. The number of benzene rings is 1. The van der Waals surface area contributed by atoms with Crippen LogP contribution in [0.1, 0.15) is 11.7 Å². The van der Waals surface area contributed by atoms with E-state index in [-0.39, 0.29) is 6.17 Å². The Balaban J connectivity index is 2.16. The molecule has 1 fully saturated rings. The molecule has 0 aliphatic carbocycles. The molecule has 0 amide bonds. The number of hydrogen-bond donors (Lipinski definition) is 2. The van der Waals surface area contributed by atoms with Crippen LogP contribution in [0.5, 0.6) is 0 Å². The minimum absolute atomic E-state index is 0.149. The first-order chi connectivity index (χ1) is 5.47. The van der Waals surface area contributed by atoms with Gasteiger partial charge in [0.2, 0.25) is 0 Å². The van der Waals surface area contributed by atoms with Crippen molar-refractivity contribution in [3.8, 4) is 0 Å². The third kappa shape index (κ3) is 1.40. The van der Waals surface area contributed by atoms with E-state index in [9.17, 15) is 0 Å². The van der Waals surface area contributed by atoms with E-state index in [2.05, 4.69) is 22.9 Å². The predicted octanol–water partition coefficient (Wildman–Crippen LogP) is 0.767. The van der Waals surface area contributed by atoms with Crippen molar-refractivity contribution in [1.82, 2.24) is 10.8 Å². The highest BCUT2D eigenvalue weighted by Crippen LogP contribution is 2.11. The van der Waals surface area contributed by atoms with E-state index in [1.807, 2.05) is 18.2 Å². The first-order valence-electron chi connectivity index (χ1n) is 3.62. The quantitative estimate of drug-likeness (QED) is 0.620. The van der Waals surface area contributed by atoms with Crippen molar-refractivity contribution in [2.45, 2.75) is 6.17 Å². The molecule has 1 aromatic rings. The highest BCUT2D eigenvalue weighted by Gasteiger charge is 2.14. The van der Waals surface area contributed by atoms with Crippen LogP contribution in [-0.2, 0) is 4.84 Å². The molecule has 2 N–H and O–H groups in total. The Hall–Kier alpha value is -0.900. The Morgan fingerprint density at radius 2 is 2.09 bits per heavy atom. The molecule has 0 spiro atoms. The Bertz CT molecular complexity index is 219. The number of nitrogens with one attached hydrogen (secondary N) is 2. The van der Waals surface area contributed by atoms with E-state index >= 15 is 0 Å². The summed E-state index contributed by atoms with van der Waals surface area (Å²) in [5, 5.41) is 3.14. The summed E-state index contributed by atoms with van der Waals surface area (Å²) < 4.78 is 0. The van der Waals surface area contributed by atoms with Crippen LogP contribution < -0.4 is 10.8 Å². The van der Waals surface area contributed by atoms with E-state index in [0.717, 1.165) is 0 Å². The third-order valence-corrected chi connectivity index (χ3v) is 1.69. The van der Waals surface area contributed by atoms with Crippen molar-refractivity contribution >= 4 is 0 Å². The topological polar surface area (TPSA) is 33.3 Å². The van der Waals surface area contributed by atoms with Crippen molar-refractivity contribution in [2.75, 3.05) is 6.73 Å². The first-order valence-corrected chi connectivity index (χ1v) is 3.62. The Kier molecular flexibility index (Phi) is 1.85. The molecule has 1 aliphatic rings. The molecule has 2 rings (SSSR count). The van der Waals surface area contributed by atoms with Crippen LogP contribution >= 0.6 is 0 Å². The van der Waals surface area contributed by atoms with Gasteiger partial charge in [-0.2, -0.15) is 5.48 Å². The summed E-state index contributed by atoms with van der Waals surface area (Å²) in [6, 6.07) is 10.1. The lowest BCUT2D eigenvalue weighted by Gasteiger charge is -2.07. The zero-order valence-corrected chi connectivity index (χ0v) is 6.08. The number of hydroxylamine groups is 1. The minimum atomic E-state index is 0.149. The van der Waals surface area contributed by atoms with Crippen LogP contribution in [0.4, 0.5) is 0 Å². The van der Waals surface area contributed by atoms with Crippen LogP contribution in [0.25, 0.3) is 0 Å². The summed E-state index contributed by atoms with van der Waals surface area (Å²) >= 11 is 0. The maximum atomic E-state index is 4.95. The van der Waals surface area contributed by atoms with Crippen LogP contribution in [-0.4, -0.2) is 6.73 Å². The van der Waals surface area contributed by atoms with Gasteiger partial charge in [-0.25, -0.2) is 0 Å². The van der Waals surface area contributed by atoms with Gasteiger partial charge < -0.3 is 0 Å². The first kappa shape index (κ1) is 6.79. The van der Waals surface area contributed by atoms with Gasteiger partial charge in [-0.1, -0.05) is 30.3 Å². The Morgan fingerprint density at radius 1 is 1.27 bits per heavy atom. The Morgan fingerprint density at radius 3 is 2.73 bits per heavy atom. The van der Waals surface area contributed by atoms with Crippen molar-refractivity contribution in [3.05, 3.63) is 35.9 Å². The summed E-state index contributed by atoms with van der Waals surface area (Å²) in [5.74, 6) is 0. The lowest BCUT2D eigenvalue weighted by molar-refractivity contribution is 0.0872. The summed E-state index contributed by atoms with van der Waals surface area (Å²) in [5.41, 5.74) is 4.06. The molecule has 0 radical (unpaired) electrons. The predicted molar refractivity (Wildman–Crippen MR) is 41.4 cm³/mol. The molecule has 1 aromatic carbocycles. The molecule has 0 saturated carbocycles. The molecule has 0 aromatic heterocycles. The molecule has 1 unspecified atom stereocenters. The summed E-state index contributed by atoms with van der Waals surface area (Å²) in [4.78, 5) is 4.95. The smallest absolute Gasteiger partial charge is 0.120 e.